The molecule has 132 valence electrons. The first-order valence-electron chi connectivity index (χ1n) is 8.23. The molecular weight excluding hydrogens is 338 g/mol. The third-order valence-electron chi connectivity index (χ3n) is 4.77. The molecule has 1 amide bonds. The van der Waals surface area contributed by atoms with Crippen LogP contribution in [0.15, 0.2) is 18.2 Å². The molecule has 3 heterocycles. The van der Waals surface area contributed by atoms with Gasteiger partial charge in [-0.3, -0.25) is 4.79 Å². The van der Waals surface area contributed by atoms with Crippen LogP contribution in [0.25, 0.3) is 0 Å². The summed E-state index contributed by atoms with van der Waals surface area (Å²) in [6.45, 7) is 1.88. The van der Waals surface area contributed by atoms with Gasteiger partial charge in [0.05, 0.1) is 19.8 Å². The van der Waals surface area contributed by atoms with Crippen molar-refractivity contribution in [2.24, 2.45) is 0 Å². The van der Waals surface area contributed by atoms with Gasteiger partial charge in [0.2, 0.25) is 0 Å². The van der Waals surface area contributed by atoms with E-state index < -0.39 is 0 Å². The zero-order valence-electron chi connectivity index (χ0n) is 14.5. The summed E-state index contributed by atoms with van der Waals surface area (Å²) in [5.41, 5.74) is 2.86. The van der Waals surface area contributed by atoms with Crippen LogP contribution in [0.4, 0.5) is 5.00 Å². The summed E-state index contributed by atoms with van der Waals surface area (Å²) in [6.07, 6.45) is 0.572. The highest BCUT2D eigenvalue weighted by atomic mass is 32.1. The van der Waals surface area contributed by atoms with Crippen LogP contribution in [-0.2, 0) is 13.0 Å². The Labute approximate surface area is 150 Å². The Morgan fingerprint density at radius 2 is 2.08 bits per heavy atom. The predicted molar refractivity (Wildman–Crippen MR) is 97.7 cm³/mol. The van der Waals surface area contributed by atoms with Crippen LogP contribution in [0.1, 0.15) is 32.5 Å². The number of hydrogen-bond acceptors (Lipinski definition) is 6. The highest BCUT2D eigenvalue weighted by Crippen LogP contribution is 2.42. The van der Waals surface area contributed by atoms with E-state index in [4.69, 9.17) is 9.47 Å². The molecule has 6 nitrogen and oxygen atoms in total. The number of carbonyl (C=O) groups is 1. The van der Waals surface area contributed by atoms with Gasteiger partial charge in [0, 0.05) is 23.5 Å². The van der Waals surface area contributed by atoms with Crippen molar-refractivity contribution in [3.05, 3.63) is 39.8 Å². The minimum atomic E-state index is -0.345. The third-order valence-corrected chi connectivity index (χ3v) is 5.92. The molecule has 0 radical (unpaired) electrons. The lowest BCUT2D eigenvalue weighted by molar-refractivity contribution is 0.0934. The molecule has 25 heavy (non-hydrogen) atoms. The lowest BCUT2D eigenvalue weighted by atomic mass is 10.0. The maximum absolute atomic E-state index is 12.8. The fraction of sp³-hybridized carbons (Fsp3) is 0.389. The fourth-order valence-electron chi connectivity index (χ4n) is 3.46. The minimum Gasteiger partial charge on any atom is -0.497 e. The normalized spacial score (nSPS) is 19.5. The molecule has 2 aliphatic rings. The molecular formula is C18H21N3O3S. The molecule has 1 atom stereocenters. The molecule has 1 aromatic carbocycles. The zero-order chi connectivity index (χ0) is 17.6. The van der Waals surface area contributed by atoms with Crippen molar-refractivity contribution in [2.45, 2.75) is 19.1 Å². The molecule has 0 spiro atoms. The SMILES string of the molecule is COc1ccc(OC)c(C2NC(=O)c3c(sc4c3CCN(C)C4)N2)c1. The Bertz CT molecular complexity index is 833. The lowest BCUT2D eigenvalue weighted by Gasteiger charge is -2.28. The van der Waals surface area contributed by atoms with Crippen LogP contribution in [-0.4, -0.2) is 38.6 Å². The second kappa shape index (κ2) is 6.24. The maximum Gasteiger partial charge on any atom is 0.256 e. The standard InChI is InChI=1S/C18H21N3O3S/c1-21-7-6-11-14(9-21)25-18-15(11)17(22)19-16(20-18)12-8-10(23-2)4-5-13(12)24-3/h4-5,8,16,20H,6-7,9H2,1-3H3,(H,19,22). The molecule has 2 N–H and O–H groups in total. The molecule has 0 bridgehead atoms. The zero-order valence-corrected chi connectivity index (χ0v) is 15.3. The number of nitrogens with zero attached hydrogens (tertiary/aromatic N) is 1. The number of rotatable bonds is 3. The number of ether oxygens (including phenoxy) is 2. The van der Waals surface area contributed by atoms with Gasteiger partial charge in [0.1, 0.15) is 22.7 Å². The highest BCUT2D eigenvalue weighted by Gasteiger charge is 2.33. The number of nitrogens with one attached hydrogen (secondary N) is 2. The van der Waals surface area contributed by atoms with E-state index >= 15 is 0 Å². The number of thiophene rings is 1. The van der Waals surface area contributed by atoms with Crippen LogP contribution in [0, 0.1) is 0 Å². The maximum atomic E-state index is 12.8. The second-order valence-corrected chi connectivity index (χ2v) is 7.46. The van der Waals surface area contributed by atoms with E-state index in [1.165, 1.54) is 10.4 Å². The lowest BCUT2D eigenvalue weighted by Crippen LogP contribution is -2.38. The van der Waals surface area contributed by atoms with Crippen LogP contribution in [0.5, 0.6) is 11.5 Å². The minimum absolute atomic E-state index is 0.0225. The van der Waals surface area contributed by atoms with Gasteiger partial charge in [0.15, 0.2) is 0 Å². The van der Waals surface area contributed by atoms with Crippen molar-refractivity contribution >= 4 is 22.2 Å². The van der Waals surface area contributed by atoms with Crippen molar-refractivity contribution in [1.82, 2.24) is 10.2 Å². The average Bonchev–Trinajstić information content (AvgIpc) is 2.98. The number of likely N-dealkylation sites (N-methyl/N-ethyl adjacent to an activating group) is 1. The van der Waals surface area contributed by atoms with Gasteiger partial charge in [-0.2, -0.15) is 0 Å². The van der Waals surface area contributed by atoms with Crippen molar-refractivity contribution in [3.63, 3.8) is 0 Å². The third kappa shape index (κ3) is 2.73. The Balaban J connectivity index is 1.72. The molecule has 0 fully saturated rings. The van der Waals surface area contributed by atoms with Gasteiger partial charge in [-0.25, -0.2) is 0 Å². The molecule has 0 saturated heterocycles. The number of benzene rings is 1. The molecule has 0 saturated carbocycles. The summed E-state index contributed by atoms with van der Waals surface area (Å²) in [4.78, 5) is 16.4. The average molecular weight is 359 g/mol. The molecule has 4 rings (SSSR count). The van der Waals surface area contributed by atoms with E-state index in [2.05, 4.69) is 22.6 Å². The van der Waals surface area contributed by atoms with Crippen LogP contribution in [0.2, 0.25) is 0 Å². The summed E-state index contributed by atoms with van der Waals surface area (Å²) in [5, 5.41) is 7.49. The monoisotopic (exact) mass is 359 g/mol. The fourth-order valence-corrected chi connectivity index (χ4v) is 4.82. The molecule has 0 aliphatic carbocycles. The number of carbonyl (C=O) groups excluding carboxylic acids is 1. The van der Waals surface area contributed by atoms with E-state index in [-0.39, 0.29) is 12.1 Å². The number of fused-ring (bicyclic) bond motifs is 3. The second-order valence-electron chi connectivity index (χ2n) is 6.35. The van der Waals surface area contributed by atoms with E-state index in [9.17, 15) is 4.79 Å². The Morgan fingerprint density at radius 3 is 2.84 bits per heavy atom. The molecule has 2 aromatic rings. The van der Waals surface area contributed by atoms with Gasteiger partial charge in [-0.1, -0.05) is 0 Å². The largest absolute Gasteiger partial charge is 0.497 e. The summed E-state index contributed by atoms with van der Waals surface area (Å²) >= 11 is 1.68. The number of methoxy groups -OCH3 is 2. The van der Waals surface area contributed by atoms with Crippen molar-refractivity contribution in [3.8, 4) is 11.5 Å². The van der Waals surface area contributed by atoms with Gasteiger partial charge in [-0.15, -0.1) is 11.3 Å². The van der Waals surface area contributed by atoms with Crippen molar-refractivity contribution < 1.29 is 14.3 Å². The predicted octanol–water partition coefficient (Wildman–Crippen LogP) is 2.61. The first-order chi connectivity index (χ1) is 12.1. The summed E-state index contributed by atoms with van der Waals surface area (Å²) in [7, 11) is 5.36. The van der Waals surface area contributed by atoms with Gasteiger partial charge >= 0.3 is 0 Å². The molecule has 7 heteroatoms. The quantitative estimate of drug-likeness (QED) is 0.882. The first kappa shape index (κ1) is 16.2. The van der Waals surface area contributed by atoms with E-state index in [1.807, 2.05) is 18.2 Å². The van der Waals surface area contributed by atoms with Crippen LogP contribution < -0.4 is 20.1 Å². The number of hydrogen-bond donors (Lipinski definition) is 2. The van der Waals surface area contributed by atoms with E-state index in [0.717, 1.165) is 41.4 Å². The summed E-state index contributed by atoms with van der Waals surface area (Å²) < 4.78 is 10.8. The molecule has 2 aliphatic heterocycles. The van der Waals surface area contributed by atoms with Crippen LogP contribution in [0.3, 0.4) is 0 Å². The van der Waals surface area contributed by atoms with Crippen molar-refractivity contribution in [2.75, 3.05) is 33.1 Å². The van der Waals surface area contributed by atoms with Crippen molar-refractivity contribution in [1.29, 1.82) is 0 Å². The first-order valence-corrected chi connectivity index (χ1v) is 9.04. The van der Waals surface area contributed by atoms with Gasteiger partial charge in [0.25, 0.3) is 5.91 Å². The van der Waals surface area contributed by atoms with E-state index in [0.29, 0.717) is 5.75 Å². The molecule has 1 aromatic heterocycles. The molecule has 1 unspecified atom stereocenters. The smallest absolute Gasteiger partial charge is 0.256 e. The Morgan fingerprint density at radius 1 is 1.24 bits per heavy atom. The summed E-state index contributed by atoms with van der Waals surface area (Å²) in [6, 6.07) is 5.59. The number of anilines is 1. The topological polar surface area (TPSA) is 62.8 Å². The Hall–Kier alpha value is -2.25. The summed E-state index contributed by atoms with van der Waals surface area (Å²) in [5.74, 6) is 1.42. The van der Waals surface area contributed by atoms with Gasteiger partial charge < -0.3 is 25.0 Å². The highest BCUT2D eigenvalue weighted by molar-refractivity contribution is 7.16. The van der Waals surface area contributed by atoms with E-state index in [1.54, 1.807) is 25.6 Å². The van der Waals surface area contributed by atoms with Gasteiger partial charge in [-0.05, 0) is 37.2 Å². The Kier molecular flexibility index (Phi) is 4.05. The van der Waals surface area contributed by atoms with Crippen LogP contribution >= 0.6 is 11.3 Å². The number of amides is 1.